The molecule has 1 unspecified atom stereocenters. The Morgan fingerprint density at radius 1 is 1.35 bits per heavy atom. The fourth-order valence-electron chi connectivity index (χ4n) is 2.68. The molecule has 1 aliphatic rings. The lowest BCUT2D eigenvalue weighted by Gasteiger charge is -2.33. The molecule has 1 atom stereocenters. The van der Waals surface area contributed by atoms with Crippen LogP contribution in [0.15, 0.2) is 24.3 Å². The van der Waals surface area contributed by atoms with E-state index in [1.165, 1.54) is 25.8 Å². The molecule has 1 aromatic carbocycles. The third-order valence-electron chi connectivity index (χ3n) is 4.24. The normalized spacial score (nSPS) is 19.4. The van der Waals surface area contributed by atoms with Crippen molar-refractivity contribution in [3.8, 4) is 5.75 Å². The molecule has 1 amide bonds. The molecule has 1 fully saturated rings. The van der Waals surface area contributed by atoms with Crippen LogP contribution in [0, 0.1) is 0 Å². The van der Waals surface area contributed by atoms with Gasteiger partial charge in [0.2, 0.25) is 5.91 Å². The number of rotatable bonds is 6. The molecular weight excluding hydrogens is 356 g/mol. The van der Waals surface area contributed by atoms with Crippen LogP contribution in [0.1, 0.15) is 40.0 Å². The van der Waals surface area contributed by atoms with Crippen molar-refractivity contribution in [2.24, 2.45) is 0 Å². The highest BCUT2D eigenvalue weighted by molar-refractivity contribution is 9.10. The first-order valence-electron chi connectivity index (χ1n) is 8.33. The summed E-state index contributed by atoms with van der Waals surface area (Å²) in [7, 11) is 0. The van der Waals surface area contributed by atoms with E-state index < -0.39 is 4.32 Å². The average molecular weight is 383 g/mol. The Kier molecular flexibility index (Phi) is 6.48. The van der Waals surface area contributed by atoms with E-state index in [1.807, 2.05) is 38.1 Å². The second-order valence-electron chi connectivity index (χ2n) is 6.68. The van der Waals surface area contributed by atoms with Gasteiger partial charge in [0, 0.05) is 18.3 Å². The number of ether oxygens (including phenoxy) is 1. The first-order valence-corrected chi connectivity index (χ1v) is 9.13. The maximum Gasteiger partial charge on any atom is 0.240 e. The van der Waals surface area contributed by atoms with Crippen LogP contribution in [0.3, 0.4) is 0 Å². The van der Waals surface area contributed by atoms with Gasteiger partial charge >= 0.3 is 0 Å². The molecule has 1 N–H and O–H groups in total. The van der Waals surface area contributed by atoms with Crippen LogP contribution in [0.5, 0.6) is 5.75 Å². The Labute approximate surface area is 147 Å². The first kappa shape index (κ1) is 18.3. The van der Waals surface area contributed by atoms with Crippen molar-refractivity contribution in [3.63, 3.8) is 0 Å². The van der Waals surface area contributed by atoms with Crippen molar-refractivity contribution in [1.82, 2.24) is 4.90 Å². The second kappa shape index (κ2) is 8.15. The molecule has 0 radical (unpaired) electrons. The molecule has 4 nitrogen and oxygen atoms in total. The zero-order chi connectivity index (χ0) is 16.9. The minimum Gasteiger partial charge on any atom is -0.492 e. The summed E-state index contributed by atoms with van der Waals surface area (Å²) >= 11 is 3.35. The summed E-state index contributed by atoms with van der Waals surface area (Å²) in [4.78, 5) is 14.4. The molecule has 5 heteroatoms. The molecular formula is C18H27BrN2O2. The van der Waals surface area contributed by atoms with Gasteiger partial charge in [0.25, 0.3) is 0 Å². The number of alkyl halides is 1. The van der Waals surface area contributed by atoms with Gasteiger partial charge in [-0.3, -0.25) is 9.69 Å². The number of carbonyl (C=O) groups excluding carboxylic acids is 1. The lowest BCUT2D eigenvalue weighted by atomic mass is 10.0. The number of amides is 1. The predicted octanol–water partition coefficient (Wildman–Crippen LogP) is 4.05. The number of hydrogen-bond acceptors (Lipinski definition) is 3. The lowest BCUT2D eigenvalue weighted by molar-refractivity contribution is -0.117. The molecule has 2 rings (SSSR count). The van der Waals surface area contributed by atoms with Gasteiger partial charge in [-0.25, -0.2) is 0 Å². The molecule has 1 saturated heterocycles. The van der Waals surface area contributed by atoms with E-state index in [-0.39, 0.29) is 5.91 Å². The predicted molar refractivity (Wildman–Crippen MR) is 98.5 cm³/mol. The highest BCUT2D eigenvalue weighted by Crippen LogP contribution is 2.21. The van der Waals surface area contributed by atoms with E-state index in [0.29, 0.717) is 12.6 Å². The fraction of sp³-hybridized carbons (Fsp3) is 0.611. The van der Waals surface area contributed by atoms with Gasteiger partial charge in [-0.05, 0) is 64.4 Å². The summed E-state index contributed by atoms with van der Waals surface area (Å²) < 4.78 is 5.24. The first-order chi connectivity index (χ1) is 10.9. The quantitative estimate of drug-likeness (QED) is 0.754. The van der Waals surface area contributed by atoms with E-state index >= 15 is 0 Å². The summed E-state index contributed by atoms with van der Waals surface area (Å²) in [5.74, 6) is 0.774. The van der Waals surface area contributed by atoms with Crippen molar-refractivity contribution in [2.75, 3.05) is 25.0 Å². The summed E-state index contributed by atoms with van der Waals surface area (Å²) in [5, 5.41) is 2.87. The van der Waals surface area contributed by atoms with Gasteiger partial charge in [0.05, 0.1) is 4.32 Å². The summed E-state index contributed by atoms with van der Waals surface area (Å²) in [6.45, 7) is 8.78. The number of hydrogen-bond donors (Lipinski definition) is 1. The summed E-state index contributed by atoms with van der Waals surface area (Å²) in [6.07, 6.45) is 3.93. The molecule has 0 saturated carbocycles. The van der Waals surface area contributed by atoms with E-state index in [9.17, 15) is 4.79 Å². The summed E-state index contributed by atoms with van der Waals surface area (Å²) in [6, 6.07) is 8.20. The van der Waals surface area contributed by atoms with Crippen LogP contribution >= 0.6 is 15.9 Å². The second-order valence-corrected chi connectivity index (χ2v) is 8.66. The highest BCUT2D eigenvalue weighted by Gasteiger charge is 2.23. The van der Waals surface area contributed by atoms with Crippen LogP contribution in [0.2, 0.25) is 0 Å². The lowest BCUT2D eigenvalue weighted by Crippen LogP contribution is -2.39. The van der Waals surface area contributed by atoms with Crippen molar-refractivity contribution in [1.29, 1.82) is 0 Å². The van der Waals surface area contributed by atoms with Gasteiger partial charge in [-0.1, -0.05) is 22.4 Å². The maximum atomic E-state index is 11.9. The molecule has 1 aromatic rings. The minimum atomic E-state index is -0.576. The van der Waals surface area contributed by atoms with Crippen LogP contribution in [0.25, 0.3) is 0 Å². The van der Waals surface area contributed by atoms with Crippen molar-refractivity contribution in [3.05, 3.63) is 24.3 Å². The molecule has 1 aliphatic heterocycles. The van der Waals surface area contributed by atoms with Gasteiger partial charge in [-0.15, -0.1) is 0 Å². The number of halogens is 1. The Morgan fingerprint density at radius 3 is 2.65 bits per heavy atom. The Bertz CT molecular complexity index is 511. The van der Waals surface area contributed by atoms with Gasteiger partial charge in [-0.2, -0.15) is 0 Å². The van der Waals surface area contributed by atoms with Crippen molar-refractivity contribution < 1.29 is 9.53 Å². The minimum absolute atomic E-state index is 0.0646. The van der Waals surface area contributed by atoms with Gasteiger partial charge in [0.15, 0.2) is 0 Å². The zero-order valence-electron chi connectivity index (χ0n) is 14.3. The van der Waals surface area contributed by atoms with Crippen molar-refractivity contribution in [2.45, 2.75) is 50.4 Å². The zero-order valence-corrected chi connectivity index (χ0v) is 15.9. The number of nitrogens with one attached hydrogen (secondary N) is 1. The van der Waals surface area contributed by atoms with E-state index in [0.717, 1.165) is 18.0 Å². The standard InChI is InChI=1S/C18H27BrN2O2/c1-14-6-4-5-11-21(14)12-13-23-16-9-7-15(8-10-16)20-17(22)18(2,3)19/h7-10,14H,4-6,11-13H2,1-3H3,(H,20,22). The van der Waals surface area contributed by atoms with Gasteiger partial charge < -0.3 is 10.1 Å². The number of anilines is 1. The van der Waals surface area contributed by atoms with Crippen LogP contribution in [-0.4, -0.2) is 40.9 Å². The molecule has 1 heterocycles. The fourth-order valence-corrected chi connectivity index (χ4v) is 2.78. The van der Waals surface area contributed by atoms with Gasteiger partial charge in [0.1, 0.15) is 12.4 Å². The molecule has 0 aliphatic carbocycles. The monoisotopic (exact) mass is 382 g/mol. The molecule has 0 spiro atoms. The SMILES string of the molecule is CC1CCCCN1CCOc1ccc(NC(=O)C(C)(C)Br)cc1. The van der Waals surface area contributed by atoms with E-state index in [2.05, 4.69) is 33.1 Å². The number of likely N-dealkylation sites (tertiary alicyclic amines) is 1. The maximum absolute atomic E-state index is 11.9. The Morgan fingerprint density at radius 2 is 2.04 bits per heavy atom. The largest absolute Gasteiger partial charge is 0.492 e. The topological polar surface area (TPSA) is 41.6 Å². The summed E-state index contributed by atoms with van der Waals surface area (Å²) in [5.41, 5.74) is 0.777. The Hall–Kier alpha value is -1.07. The number of benzene rings is 1. The third-order valence-corrected chi connectivity index (χ3v) is 4.60. The molecule has 0 aromatic heterocycles. The molecule has 128 valence electrons. The van der Waals surface area contributed by atoms with Crippen LogP contribution in [0.4, 0.5) is 5.69 Å². The number of nitrogens with zero attached hydrogens (tertiary/aromatic N) is 1. The number of carbonyl (C=O) groups is 1. The van der Waals surface area contributed by atoms with Crippen LogP contribution < -0.4 is 10.1 Å². The number of piperidine rings is 1. The molecule has 23 heavy (non-hydrogen) atoms. The Balaban J connectivity index is 1.77. The third kappa shape index (κ3) is 5.81. The average Bonchev–Trinajstić information content (AvgIpc) is 2.50. The smallest absolute Gasteiger partial charge is 0.240 e. The van der Waals surface area contributed by atoms with E-state index in [4.69, 9.17) is 4.74 Å². The highest BCUT2D eigenvalue weighted by atomic mass is 79.9. The van der Waals surface area contributed by atoms with E-state index in [1.54, 1.807) is 0 Å². The van der Waals surface area contributed by atoms with Crippen LogP contribution in [-0.2, 0) is 4.79 Å². The van der Waals surface area contributed by atoms with Crippen molar-refractivity contribution >= 4 is 27.5 Å². The molecule has 0 bridgehead atoms.